The highest BCUT2D eigenvalue weighted by molar-refractivity contribution is 9.10. The van der Waals surface area contributed by atoms with Crippen LogP contribution >= 0.6 is 15.9 Å². The molecular weight excluding hydrogens is 313 g/mol. The summed E-state index contributed by atoms with van der Waals surface area (Å²) >= 11 is 3.28. The molecule has 0 radical (unpaired) electrons. The van der Waals surface area contributed by atoms with Gasteiger partial charge in [0.1, 0.15) is 5.82 Å². The molecule has 5 heteroatoms. The van der Waals surface area contributed by atoms with Crippen molar-refractivity contribution < 1.29 is 14.3 Å². The highest BCUT2D eigenvalue weighted by Crippen LogP contribution is 2.20. The predicted molar refractivity (Wildman–Crippen MR) is 74.8 cm³/mol. The van der Waals surface area contributed by atoms with Crippen LogP contribution in [0, 0.1) is 5.82 Å². The zero-order valence-electron chi connectivity index (χ0n) is 9.86. The second-order valence-corrected chi connectivity index (χ2v) is 4.83. The Bertz CT molecular complexity index is 616. The van der Waals surface area contributed by atoms with Crippen LogP contribution in [0.15, 0.2) is 46.9 Å². The zero-order valence-corrected chi connectivity index (χ0v) is 11.4. The minimum absolute atomic E-state index is 0.225. The van der Waals surface area contributed by atoms with Crippen LogP contribution in [-0.4, -0.2) is 11.1 Å². The SMILES string of the molecule is O=C(O)c1cccc(NCc2ccc(F)cc2Br)c1. The molecule has 19 heavy (non-hydrogen) atoms. The standard InChI is InChI=1S/C14H11BrFNO2/c15-13-7-11(16)5-4-10(13)8-17-12-3-1-2-9(6-12)14(18)19/h1-7,17H,8H2,(H,18,19). The van der Waals surface area contributed by atoms with Crippen molar-refractivity contribution >= 4 is 27.6 Å². The van der Waals surface area contributed by atoms with Gasteiger partial charge in [-0.2, -0.15) is 0 Å². The number of hydrogen-bond donors (Lipinski definition) is 2. The number of carboxylic acid groups (broad SMARTS) is 1. The molecule has 0 heterocycles. The number of carbonyl (C=O) groups is 1. The number of hydrogen-bond acceptors (Lipinski definition) is 2. The van der Waals surface area contributed by atoms with E-state index in [0.29, 0.717) is 16.7 Å². The van der Waals surface area contributed by atoms with Gasteiger partial charge in [-0.15, -0.1) is 0 Å². The first-order valence-corrected chi connectivity index (χ1v) is 6.37. The summed E-state index contributed by atoms with van der Waals surface area (Å²) in [6, 6.07) is 11.0. The third-order valence-electron chi connectivity index (χ3n) is 2.61. The molecule has 0 bridgehead atoms. The Morgan fingerprint density at radius 1 is 1.26 bits per heavy atom. The van der Waals surface area contributed by atoms with Gasteiger partial charge >= 0.3 is 5.97 Å². The van der Waals surface area contributed by atoms with Gasteiger partial charge in [-0.05, 0) is 35.9 Å². The van der Waals surface area contributed by atoms with Crippen LogP contribution in [0.3, 0.4) is 0 Å². The maximum atomic E-state index is 12.9. The van der Waals surface area contributed by atoms with E-state index in [9.17, 15) is 9.18 Å². The monoisotopic (exact) mass is 323 g/mol. The number of halogens is 2. The van der Waals surface area contributed by atoms with Crippen molar-refractivity contribution in [2.75, 3.05) is 5.32 Å². The van der Waals surface area contributed by atoms with E-state index in [1.807, 2.05) is 0 Å². The van der Waals surface area contributed by atoms with E-state index in [2.05, 4.69) is 21.2 Å². The van der Waals surface area contributed by atoms with Crippen LogP contribution in [0.25, 0.3) is 0 Å². The average Bonchev–Trinajstić information content (AvgIpc) is 2.38. The number of anilines is 1. The Balaban J connectivity index is 2.10. The smallest absolute Gasteiger partial charge is 0.335 e. The van der Waals surface area contributed by atoms with Gasteiger partial charge in [-0.1, -0.05) is 28.1 Å². The van der Waals surface area contributed by atoms with Crippen molar-refractivity contribution in [3.8, 4) is 0 Å². The summed E-state index contributed by atoms with van der Waals surface area (Å²) in [6.45, 7) is 0.476. The first-order valence-electron chi connectivity index (χ1n) is 5.57. The maximum Gasteiger partial charge on any atom is 0.335 e. The first-order chi connectivity index (χ1) is 9.06. The predicted octanol–water partition coefficient (Wildman–Crippen LogP) is 3.90. The Hall–Kier alpha value is -1.88. The van der Waals surface area contributed by atoms with Crippen LogP contribution in [0.4, 0.5) is 10.1 Å². The van der Waals surface area contributed by atoms with Gasteiger partial charge in [-0.25, -0.2) is 9.18 Å². The van der Waals surface area contributed by atoms with Crippen molar-refractivity contribution in [3.05, 3.63) is 63.9 Å². The molecule has 0 aliphatic rings. The van der Waals surface area contributed by atoms with Crippen molar-refractivity contribution in [1.29, 1.82) is 0 Å². The van der Waals surface area contributed by atoms with Crippen molar-refractivity contribution in [1.82, 2.24) is 0 Å². The summed E-state index contributed by atoms with van der Waals surface area (Å²) in [4.78, 5) is 10.8. The van der Waals surface area contributed by atoms with Crippen molar-refractivity contribution in [3.63, 3.8) is 0 Å². The summed E-state index contributed by atoms with van der Waals surface area (Å²) < 4.78 is 13.6. The average molecular weight is 324 g/mol. The van der Waals surface area contributed by atoms with E-state index in [1.165, 1.54) is 18.2 Å². The van der Waals surface area contributed by atoms with Crippen molar-refractivity contribution in [2.45, 2.75) is 6.54 Å². The molecule has 0 saturated carbocycles. The molecule has 98 valence electrons. The van der Waals surface area contributed by atoms with Crippen LogP contribution in [0.5, 0.6) is 0 Å². The van der Waals surface area contributed by atoms with Crippen molar-refractivity contribution in [2.24, 2.45) is 0 Å². The summed E-state index contributed by atoms with van der Waals surface area (Å²) in [6.07, 6.45) is 0. The molecular formula is C14H11BrFNO2. The van der Waals surface area contributed by atoms with Gasteiger partial charge in [0.25, 0.3) is 0 Å². The Morgan fingerprint density at radius 2 is 2.05 bits per heavy atom. The second kappa shape index (κ2) is 5.84. The van der Waals surface area contributed by atoms with Gasteiger partial charge in [0, 0.05) is 16.7 Å². The lowest BCUT2D eigenvalue weighted by Crippen LogP contribution is -2.02. The molecule has 0 spiro atoms. The first kappa shape index (κ1) is 13.5. The van der Waals surface area contributed by atoms with Gasteiger partial charge in [-0.3, -0.25) is 0 Å². The Kier molecular flexibility index (Phi) is 4.16. The number of carboxylic acids is 1. The van der Waals surface area contributed by atoms with E-state index < -0.39 is 5.97 Å². The van der Waals surface area contributed by atoms with Crippen LogP contribution < -0.4 is 5.32 Å². The Labute approximate surface area is 118 Å². The van der Waals surface area contributed by atoms with Gasteiger partial charge in [0.15, 0.2) is 0 Å². The number of benzene rings is 2. The Morgan fingerprint density at radius 3 is 2.74 bits per heavy atom. The molecule has 0 aromatic heterocycles. The molecule has 0 aliphatic heterocycles. The van der Waals surface area contributed by atoms with E-state index in [0.717, 1.165) is 5.56 Å². The van der Waals surface area contributed by atoms with Gasteiger partial charge < -0.3 is 10.4 Å². The van der Waals surface area contributed by atoms with Gasteiger partial charge in [0.05, 0.1) is 5.56 Å². The highest BCUT2D eigenvalue weighted by atomic mass is 79.9. The third-order valence-corrected chi connectivity index (χ3v) is 3.35. The quantitative estimate of drug-likeness (QED) is 0.897. The van der Waals surface area contributed by atoms with Crippen LogP contribution in [0.2, 0.25) is 0 Å². The fourth-order valence-electron chi connectivity index (χ4n) is 1.62. The number of nitrogens with one attached hydrogen (secondary N) is 1. The lowest BCUT2D eigenvalue weighted by atomic mass is 10.2. The lowest BCUT2D eigenvalue weighted by Gasteiger charge is -2.09. The highest BCUT2D eigenvalue weighted by Gasteiger charge is 2.04. The molecule has 0 atom stereocenters. The minimum Gasteiger partial charge on any atom is -0.478 e. The molecule has 0 amide bonds. The molecule has 2 aromatic carbocycles. The van der Waals surface area contributed by atoms with Crippen LogP contribution in [-0.2, 0) is 6.54 Å². The molecule has 0 fully saturated rings. The molecule has 0 aliphatic carbocycles. The summed E-state index contributed by atoms with van der Waals surface area (Å²) in [5.41, 5.74) is 1.82. The van der Waals surface area contributed by atoms with E-state index in [-0.39, 0.29) is 11.4 Å². The van der Waals surface area contributed by atoms with E-state index >= 15 is 0 Å². The fraction of sp³-hybridized carbons (Fsp3) is 0.0714. The maximum absolute atomic E-state index is 12.9. The minimum atomic E-state index is -0.966. The molecule has 3 nitrogen and oxygen atoms in total. The van der Waals surface area contributed by atoms with Gasteiger partial charge in [0.2, 0.25) is 0 Å². The van der Waals surface area contributed by atoms with Crippen LogP contribution in [0.1, 0.15) is 15.9 Å². The molecule has 2 rings (SSSR count). The third kappa shape index (κ3) is 3.54. The molecule has 2 aromatic rings. The fourth-order valence-corrected chi connectivity index (χ4v) is 2.12. The number of rotatable bonds is 4. The largest absolute Gasteiger partial charge is 0.478 e. The summed E-state index contributed by atoms with van der Waals surface area (Å²) in [5, 5.41) is 12.0. The molecule has 2 N–H and O–H groups in total. The van der Waals surface area contributed by atoms with E-state index in [4.69, 9.17) is 5.11 Å². The normalized spacial score (nSPS) is 10.2. The topological polar surface area (TPSA) is 49.3 Å². The molecule has 0 unspecified atom stereocenters. The zero-order chi connectivity index (χ0) is 13.8. The lowest BCUT2D eigenvalue weighted by molar-refractivity contribution is 0.0697. The summed E-state index contributed by atoms with van der Waals surface area (Å²) in [7, 11) is 0. The summed E-state index contributed by atoms with van der Waals surface area (Å²) in [5.74, 6) is -1.27. The number of aromatic carboxylic acids is 1. The molecule has 0 saturated heterocycles. The second-order valence-electron chi connectivity index (χ2n) is 3.98. The van der Waals surface area contributed by atoms with E-state index in [1.54, 1.807) is 24.3 Å².